The van der Waals surface area contributed by atoms with Gasteiger partial charge in [-0.25, -0.2) is 9.78 Å². The van der Waals surface area contributed by atoms with Gasteiger partial charge in [-0.3, -0.25) is 9.69 Å². The summed E-state index contributed by atoms with van der Waals surface area (Å²) < 4.78 is 24.5. The van der Waals surface area contributed by atoms with Crippen molar-refractivity contribution in [1.29, 1.82) is 0 Å². The Morgan fingerprint density at radius 1 is 1.05 bits per heavy atom. The molecule has 8 nitrogen and oxygen atoms in total. The Balaban J connectivity index is 1.12. The van der Waals surface area contributed by atoms with E-state index in [1.807, 2.05) is 41.3 Å². The summed E-state index contributed by atoms with van der Waals surface area (Å²) in [5.41, 5.74) is 2.56. The highest BCUT2D eigenvalue weighted by molar-refractivity contribution is 7.12. The fourth-order valence-electron chi connectivity index (χ4n) is 5.89. The Morgan fingerprint density at radius 3 is 2.34 bits per heavy atom. The number of thiophene rings is 1. The normalized spacial score (nSPS) is 21.9. The molecule has 0 bridgehead atoms. The van der Waals surface area contributed by atoms with E-state index in [9.17, 15) is 14.0 Å². The standard InChI is InChI=1S/C31H35FN4O4S/c1-31(2,3)21-6-4-20(5-7-21)29(37)35-17-23-24(18-35)25(23)19-36(30(38)40-28-11-9-26(32)41-28)22-8-10-27(33-16-22)34-12-14-39-15-13-34/h4-11,16,23-25H,12-15,17-19H2,1-3H3. The number of anilines is 2. The van der Waals surface area contributed by atoms with Gasteiger partial charge in [-0.2, -0.15) is 4.39 Å². The molecule has 1 aliphatic carbocycles. The SMILES string of the molecule is CC(C)(C)c1ccc(C(=O)N2CC3C(C2)C3CN(C(=O)Oc2ccc(F)s2)c2ccc(N3CCOCC3)nc2)cc1. The number of hydrogen-bond donors (Lipinski definition) is 0. The van der Waals surface area contributed by atoms with Gasteiger partial charge in [0.2, 0.25) is 0 Å². The number of nitrogens with zero attached hydrogens (tertiary/aromatic N) is 4. The molecule has 0 radical (unpaired) electrons. The maximum Gasteiger partial charge on any atom is 0.420 e. The van der Waals surface area contributed by atoms with Crippen molar-refractivity contribution in [3.8, 4) is 5.06 Å². The van der Waals surface area contributed by atoms with Crippen molar-refractivity contribution >= 4 is 34.8 Å². The van der Waals surface area contributed by atoms with Crippen LogP contribution in [0.3, 0.4) is 0 Å². The maximum atomic E-state index is 13.6. The third-order valence-electron chi connectivity index (χ3n) is 8.39. The van der Waals surface area contributed by atoms with E-state index in [-0.39, 0.29) is 22.3 Å². The van der Waals surface area contributed by atoms with E-state index >= 15 is 0 Å². The summed E-state index contributed by atoms with van der Waals surface area (Å²) in [6.07, 6.45) is 1.13. The summed E-state index contributed by atoms with van der Waals surface area (Å²) in [6, 6.07) is 14.4. The number of fused-ring (bicyclic) bond motifs is 1. The van der Waals surface area contributed by atoms with Crippen molar-refractivity contribution in [3.05, 3.63) is 71.0 Å². The Bertz CT molecular complexity index is 1390. The third-order valence-corrected chi connectivity index (χ3v) is 9.14. The van der Waals surface area contributed by atoms with E-state index in [4.69, 9.17) is 9.47 Å². The number of piperidine rings is 1. The number of likely N-dealkylation sites (tertiary alicyclic amines) is 1. The molecule has 2 aromatic heterocycles. The van der Waals surface area contributed by atoms with Crippen LogP contribution < -0.4 is 14.5 Å². The van der Waals surface area contributed by atoms with Gasteiger partial charge in [0.15, 0.2) is 10.2 Å². The monoisotopic (exact) mass is 578 g/mol. The van der Waals surface area contributed by atoms with Crippen LogP contribution in [0, 0.1) is 22.9 Å². The van der Waals surface area contributed by atoms with Gasteiger partial charge in [0.25, 0.3) is 5.91 Å². The lowest BCUT2D eigenvalue weighted by atomic mass is 9.86. The Morgan fingerprint density at radius 2 is 1.76 bits per heavy atom. The van der Waals surface area contributed by atoms with Crippen molar-refractivity contribution in [3.63, 3.8) is 0 Å². The molecule has 3 aliphatic rings. The molecule has 2 saturated heterocycles. The lowest BCUT2D eigenvalue weighted by molar-refractivity contribution is 0.0768. The van der Waals surface area contributed by atoms with Crippen molar-refractivity contribution in [2.45, 2.75) is 26.2 Å². The van der Waals surface area contributed by atoms with E-state index in [1.165, 1.54) is 17.7 Å². The Labute approximate surface area is 243 Å². The maximum absolute atomic E-state index is 13.6. The number of carbonyl (C=O) groups is 2. The zero-order valence-electron chi connectivity index (χ0n) is 23.6. The average Bonchev–Trinajstić information content (AvgIpc) is 3.26. The average molecular weight is 579 g/mol. The molecule has 1 aromatic carbocycles. The smallest absolute Gasteiger partial charge is 0.399 e. The predicted octanol–water partition coefficient (Wildman–Crippen LogP) is 5.44. The van der Waals surface area contributed by atoms with Crippen LogP contribution in [0.2, 0.25) is 0 Å². The molecule has 2 amide bonds. The lowest BCUT2D eigenvalue weighted by Gasteiger charge is -2.28. The number of amides is 2. The summed E-state index contributed by atoms with van der Waals surface area (Å²) in [5, 5.41) is -0.203. The molecule has 41 heavy (non-hydrogen) atoms. The summed E-state index contributed by atoms with van der Waals surface area (Å²) in [5.74, 6) is 1.77. The largest absolute Gasteiger partial charge is 0.420 e. The minimum absolute atomic E-state index is 0.0348. The summed E-state index contributed by atoms with van der Waals surface area (Å²) in [4.78, 5) is 36.8. The molecule has 216 valence electrons. The minimum Gasteiger partial charge on any atom is -0.399 e. The molecule has 4 heterocycles. The number of morpholine rings is 1. The van der Waals surface area contributed by atoms with Crippen LogP contribution in [0.4, 0.5) is 20.7 Å². The molecule has 2 aliphatic heterocycles. The molecule has 10 heteroatoms. The summed E-state index contributed by atoms with van der Waals surface area (Å²) in [7, 11) is 0. The van der Waals surface area contributed by atoms with Crippen LogP contribution in [-0.2, 0) is 10.2 Å². The first kappa shape index (κ1) is 27.7. The van der Waals surface area contributed by atoms with E-state index in [2.05, 4.69) is 30.7 Å². The van der Waals surface area contributed by atoms with Gasteiger partial charge >= 0.3 is 6.09 Å². The number of hydrogen-bond acceptors (Lipinski definition) is 7. The highest BCUT2D eigenvalue weighted by atomic mass is 32.1. The quantitative estimate of drug-likeness (QED) is 0.388. The summed E-state index contributed by atoms with van der Waals surface area (Å²) in [6.45, 7) is 11.1. The van der Waals surface area contributed by atoms with Crippen molar-refractivity contribution in [1.82, 2.24) is 9.88 Å². The van der Waals surface area contributed by atoms with Crippen molar-refractivity contribution in [2.24, 2.45) is 17.8 Å². The Hall–Kier alpha value is -3.50. The second-order valence-corrected chi connectivity index (χ2v) is 13.0. The third kappa shape index (κ3) is 5.94. The van der Waals surface area contributed by atoms with E-state index < -0.39 is 11.2 Å². The van der Waals surface area contributed by atoms with Gasteiger partial charge in [-0.05, 0) is 65.1 Å². The van der Waals surface area contributed by atoms with Crippen LogP contribution in [-0.4, -0.2) is 67.8 Å². The van der Waals surface area contributed by atoms with Gasteiger partial charge in [0.1, 0.15) is 5.82 Å². The van der Waals surface area contributed by atoms with E-state index in [0.29, 0.717) is 55.9 Å². The van der Waals surface area contributed by atoms with Crippen LogP contribution >= 0.6 is 11.3 Å². The van der Waals surface area contributed by atoms with Gasteiger partial charge in [-0.15, -0.1) is 0 Å². The number of aromatic nitrogens is 1. The molecule has 1 saturated carbocycles. The second-order valence-electron chi connectivity index (χ2n) is 12.0. The molecule has 2 atom stereocenters. The highest BCUT2D eigenvalue weighted by Crippen LogP contribution is 2.52. The predicted molar refractivity (Wildman–Crippen MR) is 156 cm³/mol. The van der Waals surface area contributed by atoms with Crippen molar-refractivity contribution in [2.75, 3.05) is 55.7 Å². The molecular weight excluding hydrogens is 543 g/mol. The first-order valence-corrected chi connectivity index (χ1v) is 14.9. The second kappa shape index (κ2) is 11.1. The van der Waals surface area contributed by atoms with Gasteiger partial charge < -0.3 is 19.3 Å². The molecule has 2 unspecified atom stereocenters. The Kier molecular flexibility index (Phi) is 7.46. The number of carbonyl (C=O) groups excluding carboxylic acids is 2. The molecule has 0 spiro atoms. The van der Waals surface area contributed by atoms with Crippen LogP contribution in [0.15, 0.2) is 54.7 Å². The molecule has 3 aromatic rings. The molecule has 0 N–H and O–H groups in total. The number of halogens is 1. The number of ether oxygens (including phenoxy) is 2. The van der Waals surface area contributed by atoms with E-state index in [1.54, 1.807) is 11.1 Å². The first-order valence-electron chi connectivity index (χ1n) is 14.1. The van der Waals surface area contributed by atoms with Crippen LogP contribution in [0.25, 0.3) is 0 Å². The van der Waals surface area contributed by atoms with Gasteiger partial charge in [0, 0.05) is 38.3 Å². The fourth-order valence-corrected chi connectivity index (χ4v) is 6.47. The first-order chi connectivity index (χ1) is 19.7. The fraction of sp³-hybridized carbons (Fsp3) is 0.452. The van der Waals surface area contributed by atoms with Crippen molar-refractivity contribution < 1.29 is 23.5 Å². The van der Waals surface area contributed by atoms with Gasteiger partial charge in [-0.1, -0.05) is 44.2 Å². The molecule has 3 fully saturated rings. The van der Waals surface area contributed by atoms with Crippen LogP contribution in [0.5, 0.6) is 5.06 Å². The number of benzene rings is 1. The zero-order valence-corrected chi connectivity index (χ0v) is 24.4. The van der Waals surface area contributed by atoms with Crippen LogP contribution in [0.1, 0.15) is 36.7 Å². The molecular formula is C31H35FN4O4S. The lowest BCUT2D eigenvalue weighted by Crippen LogP contribution is -2.38. The number of pyridine rings is 1. The number of rotatable bonds is 6. The zero-order chi connectivity index (χ0) is 28.7. The molecule has 6 rings (SSSR count). The minimum atomic E-state index is -0.565. The van der Waals surface area contributed by atoms with Gasteiger partial charge in [0.05, 0.1) is 25.1 Å². The van der Waals surface area contributed by atoms with E-state index in [0.717, 1.165) is 30.2 Å². The summed E-state index contributed by atoms with van der Waals surface area (Å²) >= 11 is 0.790. The topological polar surface area (TPSA) is 75.2 Å². The highest BCUT2D eigenvalue weighted by Gasteiger charge is 2.57.